The topological polar surface area (TPSA) is 3.24 Å². The van der Waals surface area contributed by atoms with Crippen molar-refractivity contribution in [1.29, 1.82) is 0 Å². The zero-order valence-electron chi connectivity index (χ0n) is 15.9. The maximum Gasteiger partial charge on any atom is 0.00444 e. The zero-order valence-corrected chi connectivity index (χ0v) is 16.8. The van der Waals surface area contributed by atoms with E-state index in [0.29, 0.717) is 5.92 Å². The van der Waals surface area contributed by atoms with Gasteiger partial charge in [-0.1, -0.05) is 86.5 Å². The molecule has 0 amide bonds. The zero-order chi connectivity index (χ0) is 17.3. The van der Waals surface area contributed by atoms with Gasteiger partial charge in [-0.15, -0.1) is 12.4 Å². The fourth-order valence-electron chi connectivity index (χ4n) is 3.70. The van der Waals surface area contributed by atoms with E-state index in [-0.39, 0.29) is 12.4 Å². The van der Waals surface area contributed by atoms with Gasteiger partial charge >= 0.3 is 0 Å². The second kappa shape index (κ2) is 11.2. The lowest BCUT2D eigenvalue weighted by atomic mass is 9.96. The Labute approximate surface area is 165 Å². The molecule has 0 bridgehead atoms. The van der Waals surface area contributed by atoms with Crippen molar-refractivity contribution in [2.24, 2.45) is 5.92 Å². The molecule has 0 radical (unpaired) electrons. The highest BCUT2D eigenvalue weighted by Crippen LogP contribution is 2.22. The number of piperidine rings is 1. The Bertz CT molecular complexity index is 648. The Kier molecular flexibility index (Phi) is 8.94. The highest BCUT2D eigenvalue weighted by Gasteiger charge is 2.17. The van der Waals surface area contributed by atoms with E-state index < -0.39 is 0 Å². The normalized spacial score (nSPS) is 18.0. The first-order chi connectivity index (χ1) is 12.3. The molecule has 3 rings (SSSR count). The Balaban J connectivity index is 0.00000243. The van der Waals surface area contributed by atoms with Crippen LogP contribution in [0.4, 0.5) is 0 Å². The van der Waals surface area contributed by atoms with Crippen LogP contribution in [0.1, 0.15) is 44.6 Å². The third kappa shape index (κ3) is 6.30. The van der Waals surface area contributed by atoms with Gasteiger partial charge in [-0.2, -0.15) is 0 Å². The van der Waals surface area contributed by atoms with Crippen LogP contribution in [-0.4, -0.2) is 24.5 Å². The average Bonchev–Trinajstić information content (AvgIpc) is 2.68. The number of benzene rings is 2. The van der Waals surface area contributed by atoms with Gasteiger partial charge in [0.2, 0.25) is 0 Å². The van der Waals surface area contributed by atoms with Gasteiger partial charge < -0.3 is 4.90 Å². The number of rotatable bonds is 7. The minimum absolute atomic E-state index is 0. The van der Waals surface area contributed by atoms with Gasteiger partial charge in [0, 0.05) is 6.54 Å². The number of hydrogen-bond donors (Lipinski definition) is 0. The molecule has 0 N–H and O–H groups in total. The van der Waals surface area contributed by atoms with Crippen molar-refractivity contribution >= 4 is 18.5 Å². The Morgan fingerprint density at radius 1 is 0.962 bits per heavy atom. The standard InChI is InChI=1S/C24H31N.ClH/c1-2-3-7-18-25-19-8-9-22(20-25)13-12-21-14-16-24(17-15-21)23-10-5-4-6-11-23;/h4-6,10-17,22H,2-3,7-9,18-20H2,1H3;1H. The lowest BCUT2D eigenvalue weighted by molar-refractivity contribution is 0.194. The summed E-state index contributed by atoms with van der Waals surface area (Å²) in [7, 11) is 0. The van der Waals surface area contributed by atoms with E-state index in [4.69, 9.17) is 0 Å². The quantitative estimate of drug-likeness (QED) is 0.491. The monoisotopic (exact) mass is 369 g/mol. The van der Waals surface area contributed by atoms with Gasteiger partial charge in [-0.05, 0) is 55.0 Å². The summed E-state index contributed by atoms with van der Waals surface area (Å²) in [5.74, 6) is 0.712. The van der Waals surface area contributed by atoms with Crippen LogP contribution in [0.15, 0.2) is 60.7 Å². The fourth-order valence-corrected chi connectivity index (χ4v) is 3.70. The van der Waals surface area contributed by atoms with Crippen molar-refractivity contribution in [3.8, 4) is 11.1 Å². The molecule has 1 heterocycles. The van der Waals surface area contributed by atoms with E-state index in [0.717, 1.165) is 0 Å². The molecule has 1 fully saturated rings. The summed E-state index contributed by atoms with van der Waals surface area (Å²) >= 11 is 0. The molecule has 2 aromatic rings. The summed E-state index contributed by atoms with van der Waals surface area (Å²) < 4.78 is 0. The Morgan fingerprint density at radius 2 is 1.69 bits per heavy atom. The molecular formula is C24H32ClN. The lowest BCUT2D eigenvalue weighted by Crippen LogP contribution is -2.35. The van der Waals surface area contributed by atoms with E-state index in [1.165, 1.54) is 68.4 Å². The summed E-state index contributed by atoms with van der Waals surface area (Å²) in [4.78, 5) is 2.66. The number of hydrogen-bond acceptors (Lipinski definition) is 1. The third-order valence-electron chi connectivity index (χ3n) is 5.20. The molecule has 26 heavy (non-hydrogen) atoms. The van der Waals surface area contributed by atoms with E-state index >= 15 is 0 Å². The minimum atomic E-state index is 0. The van der Waals surface area contributed by atoms with E-state index in [1.54, 1.807) is 0 Å². The molecule has 1 aliphatic rings. The smallest absolute Gasteiger partial charge is 0.00444 e. The van der Waals surface area contributed by atoms with Crippen molar-refractivity contribution in [2.45, 2.75) is 39.0 Å². The SMILES string of the molecule is CCCCCN1CCCC(C=Cc2ccc(-c3ccccc3)cc2)C1.Cl. The first kappa shape index (κ1) is 20.7. The summed E-state index contributed by atoms with van der Waals surface area (Å²) in [6.07, 6.45) is 11.5. The third-order valence-corrected chi connectivity index (χ3v) is 5.20. The summed E-state index contributed by atoms with van der Waals surface area (Å²) in [6.45, 7) is 6.09. The maximum atomic E-state index is 2.66. The van der Waals surface area contributed by atoms with Crippen LogP contribution in [0.2, 0.25) is 0 Å². The lowest BCUT2D eigenvalue weighted by Gasteiger charge is -2.31. The second-order valence-electron chi connectivity index (χ2n) is 7.26. The van der Waals surface area contributed by atoms with Gasteiger partial charge in [0.25, 0.3) is 0 Å². The highest BCUT2D eigenvalue weighted by molar-refractivity contribution is 5.85. The van der Waals surface area contributed by atoms with Crippen LogP contribution in [0.25, 0.3) is 17.2 Å². The van der Waals surface area contributed by atoms with Crippen LogP contribution in [0, 0.1) is 5.92 Å². The van der Waals surface area contributed by atoms with Crippen LogP contribution in [0.3, 0.4) is 0 Å². The van der Waals surface area contributed by atoms with E-state index in [9.17, 15) is 0 Å². The van der Waals surface area contributed by atoms with Crippen molar-refractivity contribution < 1.29 is 0 Å². The first-order valence-corrected chi connectivity index (χ1v) is 9.91. The van der Waals surface area contributed by atoms with E-state index in [1.807, 2.05) is 0 Å². The molecule has 0 spiro atoms. The van der Waals surface area contributed by atoms with Crippen molar-refractivity contribution in [2.75, 3.05) is 19.6 Å². The molecule has 140 valence electrons. The van der Waals surface area contributed by atoms with Crippen LogP contribution >= 0.6 is 12.4 Å². The fraction of sp³-hybridized carbons (Fsp3) is 0.417. The molecular weight excluding hydrogens is 338 g/mol. The van der Waals surface area contributed by atoms with Gasteiger partial charge in [0.15, 0.2) is 0 Å². The summed E-state index contributed by atoms with van der Waals surface area (Å²) in [5, 5.41) is 0. The Morgan fingerprint density at radius 3 is 2.42 bits per heavy atom. The molecule has 1 atom stereocenters. The highest BCUT2D eigenvalue weighted by atomic mass is 35.5. The van der Waals surface area contributed by atoms with E-state index in [2.05, 4.69) is 78.6 Å². The minimum Gasteiger partial charge on any atom is -0.303 e. The predicted octanol–water partition coefficient (Wildman–Crippen LogP) is 6.69. The van der Waals surface area contributed by atoms with Gasteiger partial charge in [0.05, 0.1) is 0 Å². The second-order valence-corrected chi connectivity index (χ2v) is 7.26. The van der Waals surface area contributed by atoms with Crippen molar-refractivity contribution in [3.05, 3.63) is 66.2 Å². The molecule has 1 aliphatic heterocycles. The number of halogens is 1. The molecule has 1 unspecified atom stereocenters. The molecule has 0 aromatic heterocycles. The van der Waals surface area contributed by atoms with Crippen molar-refractivity contribution in [3.63, 3.8) is 0 Å². The Hall–Kier alpha value is -1.57. The van der Waals surface area contributed by atoms with Gasteiger partial charge in [-0.3, -0.25) is 0 Å². The number of nitrogens with zero attached hydrogens (tertiary/aromatic N) is 1. The van der Waals surface area contributed by atoms with Crippen LogP contribution < -0.4 is 0 Å². The van der Waals surface area contributed by atoms with Crippen LogP contribution in [-0.2, 0) is 0 Å². The molecule has 2 aromatic carbocycles. The first-order valence-electron chi connectivity index (χ1n) is 9.91. The van der Waals surface area contributed by atoms with Crippen LogP contribution in [0.5, 0.6) is 0 Å². The molecule has 1 saturated heterocycles. The molecule has 0 saturated carbocycles. The molecule has 0 aliphatic carbocycles. The van der Waals surface area contributed by atoms with Crippen molar-refractivity contribution in [1.82, 2.24) is 4.90 Å². The van der Waals surface area contributed by atoms with Gasteiger partial charge in [0.1, 0.15) is 0 Å². The maximum absolute atomic E-state index is 2.66. The predicted molar refractivity (Wildman–Crippen MR) is 117 cm³/mol. The number of likely N-dealkylation sites (tertiary alicyclic amines) is 1. The average molecular weight is 370 g/mol. The molecule has 2 heteroatoms. The largest absolute Gasteiger partial charge is 0.303 e. The van der Waals surface area contributed by atoms with Gasteiger partial charge in [-0.25, -0.2) is 0 Å². The summed E-state index contributed by atoms with van der Waals surface area (Å²) in [5.41, 5.74) is 3.88. The molecule has 1 nitrogen and oxygen atoms in total. The summed E-state index contributed by atoms with van der Waals surface area (Å²) in [6, 6.07) is 19.5. The number of unbranched alkanes of at least 4 members (excludes halogenated alkanes) is 2.